The topological polar surface area (TPSA) is 108 Å². The van der Waals surface area contributed by atoms with E-state index in [1.807, 2.05) is 0 Å². The molecule has 0 radical (unpaired) electrons. The van der Waals surface area contributed by atoms with Crippen molar-refractivity contribution in [3.63, 3.8) is 0 Å². The van der Waals surface area contributed by atoms with Gasteiger partial charge in [-0.3, -0.25) is 14.4 Å². The summed E-state index contributed by atoms with van der Waals surface area (Å²) < 4.78 is 21.0. The third-order valence-electron chi connectivity index (χ3n) is 6.14. The fourth-order valence-electron chi connectivity index (χ4n) is 4.60. The van der Waals surface area contributed by atoms with Gasteiger partial charge < -0.3 is 24.1 Å². The standard InChI is InChI=1S/C26H28O8/c1-5-13-34-19-12-11-16(14-20(19)31-2)21-22(24(28)32-3)18(27)15-26(30,23(21)25(29)33-4)17-9-7-6-8-10-17/h5-12,14,21-23,30H,1,13,15H2,2-4H3/t21-,22-,23-,26-/m0/s1. The Balaban J connectivity index is 2.24. The van der Waals surface area contributed by atoms with Crippen LogP contribution in [0.25, 0.3) is 0 Å². The van der Waals surface area contributed by atoms with Crippen molar-refractivity contribution >= 4 is 17.7 Å². The SMILES string of the molecule is C=CCOc1ccc([C@H]2[C@@H](C(=O)OC)C(=O)C[C@](O)(c3ccccc3)[C@@H]2C(=O)OC)cc1OC. The Morgan fingerprint density at radius 2 is 1.74 bits per heavy atom. The molecule has 4 atom stereocenters. The maximum atomic E-state index is 13.3. The molecule has 1 aliphatic carbocycles. The molecule has 0 unspecified atom stereocenters. The van der Waals surface area contributed by atoms with Crippen molar-refractivity contribution in [2.24, 2.45) is 11.8 Å². The molecule has 0 aliphatic heterocycles. The van der Waals surface area contributed by atoms with Crippen LogP contribution in [-0.4, -0.2) is 50.8 Å². The molecule has 1 saturated carbocycles. The van der Waals surface area contributed by atoms with Crippen LogP contribution in [0.15, 0.2) is 61.2 Å². The zero-order valence-electron chi connectivity index (χ0n) is 19.4. The highest BCUT2D eigenvalue weighted by molar-refractivity contribution is 6.03. The molecule has 8 nitrogen and oxygen atoms in total. The summed E-state index contributed by atoms with van der Waals surface area (Å²) >= 11 is 0. The van der Waals surface area contributed by atoms with Crippen LogP contribution in [0.1, 0.15) is 23.5 Å². The minimum Gasteiger partial charge on any atom is -0.493 e. The lowest BCUT2D eigenvalue weighted by molar-refractivity contribution is -0.174. The number of Topliss-reactive ketones (excluding diaryl/α,β-unsaturated/α-hetero) is 1. The third kappa shape index (κ3) is 4.54. The minimum atomic E-state index is -1.91. The van der Waals surface area contributed by atoms with E-state index in [4.69, 9.17) is 18.9 Å². The summed E-state index contributed by atoms with van der Waals surface area (Å²) in [5.74, 6) is -5.07. The molecule has 180 valence electrons. The molecule has 0 heterocycles. The van der Waals surface area contributed by atoms with Crippen molar-refractivity contribution in [2.45, 2.75) is 17.9 Å². The van der Waals surface area contributed by atoms with Crippen LogP contribution in [0.4, 0.5) is 0 Å². The summed E-state index contributed by atoms with van der Waals surface area (Å²) in [6, 6.07) is 13.2. The van der Waals surface area contributed by atoms with Gasteiger partial charge in [0, 0.05) is 12.3 Å². The van der Waals surface area contributed by atoms with Gasteiger partial charge in [0.1, 0.15) is 18.1 Å². The van der Waals surface area contributed by atoms with Gasteiger partial charge >= 0.3 is 11.9 Å². The van der Waals surface area contributed by atoms with Crippen LogP contribution in [0, 0.1) is 11.8 Å². The van der Waals surface area contributed by atoms with E-state index in [1.54, 1.807) is 54.6 Å². The van der Waals surface area contributed by atoms with Gasteiger partial charge in [0.25, 0.3) is 0 Å². The molecular formula is C26H28O8. The number of rotatable bonds is 8. The number of esters is 2. The molecule has 1 aliphatic rings. The van der Waals surface area contributed by atoms with E-state index in [0.29, 0.717) is 22.6 Å². The number of carbonyl (C=O) groups is 3. The van der Waals surface area contributed by atoms with Gasteiger partial charge in [-0.1, -0.05) is 49.1 Å². The number of hydrogen-bond acceptors (Lipinski definition) is 8. The second-order valence-electron chi connectivity index (χ2n) is 7.97. The largest absolute Gasteiger partial charge is 0.493 e. The third-order valence-corrected chi connectivity index (χ3v) is 6.14. The van der Waals surface area contributed by atoms with E-state index in [9.17, 15) is 19.5 Å². The van der Waals surface area contributed by atoms with Gasteiger partial charge in [-0.25, -0.2) is 0 Å². The number of ketones is 1. The zero-order chi connectivity index (χ0) is 24.9. The van der Waals surface area contributed by atoms with Crippen molar-refractivity contribution in [3.05, 3.63) is 72.3 Å². The number of benzene rings is 2. The van der Waals surface area contributed by atoms with Gasteiger partial charge in [0.2, 0.25) is 0 Å². The summed E-state index contributed by atoms with van der Waals surface area (Å²) in [6.45, 7) is 3.86. The van der Waals surface area contributed by atoms with Crippen LogP contribution < -0.4 is 9.47 Å². The zero-order valence-corrected chi connectivity index (χ0v) is 19.4. The van der Waals surface area contributed by atoms with Crippen molar-refractivity contribution in [2.75, 3.05) is 27.9 Å². The number of hydrogen-bond donors (Lipinski definition) is 1. The molecule has 0 amide bonds. The highest BCUT2D eigenvalue weighted by atomic mass is 16.5. The lowest BCUT2D eigenvalue weighted by Crippen LogP contribution is -2.54. The fourth-order valence-corrected chi connectivity index (χ4v) is 4.60. The lowest BCUT2D eigenvalue weighted by atomic mass is 9.59. The first-order valence-corrected chi connectivity index (χ1v) is 10.7. The van der Waals surface area contributed by atoms with Gasteiger partial charge in [-0.2, -0.15) is 0 Å². The number of ether oxygens (including phenoxy) is 4. The molecule has 0 bridgehead atoms. The van der Waals surface area contributed by atoms with Crippen molar-refractivity contribution in [3.8, 4) is 11.5 Å². The molecule has 0 saturated heterocycles. The molecule has 0 spiro atoms. The summed E-state index contributed by atoms with van der Waals surface area (Å²) in [5, 5.41) is 11.8. The first-order chi connectivity index (χ1) is 16.3. The highest BCUT2D eigenvalue weighted by Gasteiger charge is 2.59. The smallest absolute Gasteiger partial charge is 0.316 e. The van der Waals surface area contributed by atoms with Crippen LogP contribution >= 0.6 is 0 Å². The molecule has 0 aromatic heterocycles. The van der Waals surface area contributed by atoms with E-state index in [1.165, 1.54) is 21.3 Å². The second kappa shape index (κ2) is 10.5. The quantitative estimate of drug-likeness (QED) is 0.358. The first-order valence-electron chi connectivity index (χ1n) is 10.7. The fraction of sp³-hybridized carbons (Fsp3) is 0.346. The number of carbonyl (C=O) groups excluding carboxylic acids is 3. The Kier molecular flexibility index (Phi) is 7.73. The van der Waals surface area contributed by atoms with Gasteiger partial charge in [0.15, 0.2) is 17.3 Å². The van der Waals surface area contributed by atoms with Gasteiger partial charge in [0.05, 0.1) is 27.2 Å². The predicted octanol–water partition coefficient (Wildman–Crippen LogP) is 2.78. The molecule has 1 fully saturated rings. The summed E-state index contributed by atoms with van der Waals surface area (Å²) in [5.41, 5.74) is -1.13. The number of aliphatic hydroxyl groups is 1. The van der Waals surface area contributed by atoms with Gasteiger partial charge in [-0.05, 0) is 23.3 Å². The van der Waals surface area contributed by atoms with Crippen LogP contribution in [-0.2, 0) is 29.5 Å². The average Bonchev–Trinajstić information content (AvgIpc) is 2.86. The Labute approximate surface area is 198 Å². The second-order valence-corrected chi connectivity index (χ2v) is 7.97. The van der Waals surface area contributed by atoms with E-state index in [-0.39, 0.29) is 6.61 Å². The summed E-state index contributed by atoms with van der Waals surface area (Å²) in [6.07, 6.45) is 1.12. The van der Waals surface area contributed by atoms with Crippen molar-refractivity contribution in [1.29, 1.82) is 0 Å². The van der Waals surface area contributed by atoms with E-state index in [0.717, 1.165) is 0 Å². The first kappa shape index (κ1) is 25.0. The predicted molar refractivity (Wildman–Crippen MR) is 122 cm³/mol. The van der Waals surface area contributed by atoms with Crippen molar-refractivity contribution < 1.29 is 38.4 Å². The van der Waals surface area contributed by atoms with Crippen LogP contribution in [0.5, 0.6) is 11.5 Å². The van der Waals surface area contributed by atoms with Crippen molar-refractivity contribution in [1.82, 2.24) is 0 Å². The van der Waals surface area contributed by atoms with E-state index in [2.05, 4.69) is 6.58 Å². The Bertz CT molecular complexity index is 1060. The molecular weight excluding hydrogens is 440 g/mol. The normalized spacial score (nSPS) is 24.1. The molecule has 2 aromatic carbocycles. The highest BCUT2D eigenvalue weighted by Crippen LogP contribution is 2.52. The Morgan fingerprint density at radius 3 is 2.32 bits per heavy atom. The van der Waals surface area contributed by atoms with Gasteiger partial charge in [-0.15, -0.1) is 0 Å². The monoisotopic (exact) mass is 468 g/mol. The van der Waals surface area contributed by atoms with E-state index < -0.39 is 47.5 Å². The Morgan fingerprint density at radius 1 is 1.06 bits per heavy atom. The average molecular weight is 469 g/mol. The Hall–Kier alpha value is -3.65. The number of methoxy groups -OCH3 is 3. The molecule has 34 heavy (non-hydrogen) atoms. The minimum absolute atomic E-state index is 0.237. The maximum Gasteiger partial charge on any atom is 0.316 e. The van der Waals surface area contributed by atoms with E-state index >= 15 is 0 Å². The summed E-state index contributed by atoms with van der Waals surface area (Å²) in [4.78, 5) is 39.2. The van der Waals surface area contributed by atoms with Crippen LogP contribution in [0.2, 0.25) is 0 Å². The maximum absolute atomic E-state index is 13.3. The molecule has 2 aromatic rings. The lowest BCUT2D eigenvalue weighted by Gasteiger charge is -2.45. The van der Waals surface area contributed by atoms with Crippen LogP contribution in [0.3, 0.4) is 0 Å². The molecule has 1 N–H and O–H groups in total. The summed E-state index contributed by atoms with van der Waals surface area (Å²) in [7, 11) is 3.81. The molecule has 3 rings (SSSR count). The molecule has 8 heteroatoms.